The number of rotatable bonds is 3. The van der Waals surface area contributed by atoms with Gasteiger partial charge in [-0.1, -0.05) is 6.92 Å². The number of anilines is 1. The Morgan fingerprint density at radius 2 is 2.05 bits per heavy atom. The highest BCUT2D eigenvalue weighted by Crippen LogP contribution is 2.27. The van der Waals surface area contributed by atoms with E-state index in [1.807, 2.05) is 19.9 Å². The van der Waals surface area contributed by atoms with Gasteiger partial charge in [0.1, 0.15) is 5.82 Å². The van der Waals surface area contributed by atoms with Crippen LogP contribution in [0.3, 0.4) is 0 Å². The second-order valence-corrected chi connectivity index (χ2v) is 5.04. The van der Waals surface area contributed by atoms with Gasteiger partial charge in [0.2, 0.25) is 5.95 Å². The van der Waals surface area contributed by atoms with Crippen molar-refractivity contribution < 1.29 is 0 Å². The number of nitrogens with zero attached hydrogens (tertiary/aromatic N) is 5. The van der Waals surface area contributed by atoms with Crippen molar-refractivity contribution in [3.63, 3.8) is 0 Å². The van der Waals surface area contributed by atoms with E-state index in [1.165, 1.54) is 0 Å². The molecule has 0 spiro atoms. The number of nitrogens with one attached hydrogen (secondary N) is 1. The van der Waals surface area contributed by atoms with Crippen molar-refractivity contribution in [3.05, 3.63) is 29.1 Å². The lowest BCUT2D eigenvalue weighted by Gasteiger charge is -2.37. The molecule has 1 saturated heterocycles. The van der Waals surface area contributed by atoms with E-state index in [9.17, 15) is 0 Å². The molecular formula is C13H18N6. The van der Waals surface area contributed by atoms with Gasteiger partial charge in [-0.25, -0.2) is 15.0 Å². The first-order valence-electron chi connectivity index (χ1n) is 6.64. The number of aromatic amines is 1. The molecule has 6 nitrogen and oxygen atoms in total. The predicted octanol–water partition coefficient (Wildman–Crippen LogP) is 1.38. The molecular weight excluding hydrogens is 240 g/mol. The van der Waals surface area contributed by atoms with Crippen molar-refractivity contribution in [3.8, 4) is 0 Å². The fraction of sp³-hybridized carbons (Fsp3) is 0.538. The van der Waals surface area contributed by atoms with Crippen LogP contribution in [-0.2, 0) is 6.42 Å². The van der Waals surface area contributed by atoms with Crippen molar-refractivity contribution >= 4 is 5.95 Å². The third-order valence-electron chi connectivity index (χ3n) is 3.40. The van der Waals surface area contributed by atoms with Gasteiger partial charge in [-0.3, -0.25) is 5.10 Å². The van der Waals surface area contributed by atoms with E-state index >= 15 is 0 Å². The summed E-state index contributed by atoms with van der Waals surface area (Å²) in [6.45, 7) is 7.83. The molecule has 0 aromatic carbocycles. The molecule has 0 saturated carbocycles. The second-order valence-electron chi connectivity index (χ2n) is 5.04. The van der Waals surface area contributed by atoms with Crippen LogP contribution in [0.2, 0.25) is 0 Å². The maximum atomic E-state index is 4.57. The molecule has 0 atom stereocenters. The maximum Gasteiger partial charge on any atom is 0.225 e. The molecule has 0 aliphatic carbocycles. The number of hydrogen-bond donors (Lipinski definition) is 1. The molecule has 1 N–H and O–H groups in total. The van der Waals surface area contributed by atoms with Crippen LogP contribution in [0.25, 0.3) is 0 Å². The molecule has 1 aliphatic rings. The molecule has 0 bridgehead atoms. The molecule has 6 heteroatoms. The Morgan fingerprint density at radius 1 is 1.26 bits per heavy atom. The summed E-state index contributed by atoms with van der Waals surface area (Å²) in [5.41, 5.74) is 2.12. The lowest BCUT2D eigenvalue weighted by Crippen LogP contribution is -2.46. The SMILES string of the molecule is CCc1cc(C)nc(N2CC(c3n[nH]c(C)n3)C2)n1. The van der Waals surface area contributed by atoms with E-state index < -0.39 is 0 Å². The Kier molecular flexibility index (Phi) is 2.93. The zero-order valence-corrected chi connectivity index (χ0v) is 11.5. The Morgan fingerprint density at radius 3 is 2.68 bits per heavy atom. The fourth-order valence-corrected chi connectivity index (χ4v) is 2.29. The van der Waals surface area contributed by atoms with Crippen molar-refractivity contribution in [1.82, 2.24) is 25.1 Å². The zero-order valence-electron chi connectivity index (χ0n) is 11.5. The van der Waals surface area contributed by atoms with Crippen molar-refractivity contribution in [2.75, 3.05) is 18.0 Å². The Balaban J connectivity index is 1.72. The smallest absolute Gasteiger partial charge is 0.225 e. The summed E-state index contributed by atoms with van der Waals surface area (Å²) in [5, 5.41) is 7.10. The summed E-state index contributed by atoms with van der Waals surface area (Å²) in [6.07, 6.45) is 0.938. The highest BCUT2D eigenvalue weighted by Gasteiger charge is 2.32. The van der Waals surface area contributed by atoms with Crippen LogP contribution in [0, 0.1) is 13.8 Å². The first-order valence-corrected chi connectivity index (χ1v) is 6.64. The van der Waals surface area contributed by atoms with Crippen molar-refractivity contribution in [1.29, 1.82) is 0 Å². The Bertz CT molecular complexity index is 585. The average Bonchev–Trinajstić information content (AvgIpc) is 2.73. The summed E-state index contributed by atoms with van der Waals surface area (Å²) in [6, 6.07) is 2.04. The van der Waals surface area contributed by atoms with E-state index in [1.54, 1.807) is 0 Å². The van der Waals surface area contributed by atoms with Gasteiger partial charge in [0, 0.05) is 24.5 Å². The standard InChI is InChI=1S/C13H18N6/c1-4-11-5-8(2)14-13(16-11)19-6-10(7-19)12-15-9(3)17-18-12/h5,10H,4,6-7H2,1-3H3,(H,15,17,18). The van der Waals surface area contributed by atoms with Crippen molar-refractivity contribution in [2.24, 2.45) is 0 Å². The second kappa shape index (κ2) is 4.60. The van der Waals surface area contributed by atoms with E-state index in [0.717, 1.165) is 48.5 Å². The lowest BCUT2D eigenvalue weighted by atomic mass is 10.0. The normalized spacial score (nSPS) is 15.6. The Labute approximate surface area is 112 Å². The number of aromatic nitrogens is 5. The minimum atomic E-state index is 0.388. The summed E-state index contributed by atoms with van der Waals surface area (Å²) >= 11 is 0. The predicted molar refractivity (Wildman–Crippen MR) is 72.2 cm³/mol. The minimum Gasteiger partial charge on any atom is -0.339 e. The van der Waals surface area contributed by atoms with Crippen LogP contribution in [0.1, 0.15) is 35.9 Å². The van der Waals surface area contributed by atoms with E-state index in [-0.39, 0.29) is 0 Å². The van der Waals surface area contributed by atoms with Gasteiger partial charge < -0.3 is 4.90 Å². The highest BCUT2D eigenvalue weighted by atomic mass is 15.3. The molecule has 2 aromatic heterocycles. The van der Waals surface area contributed by atoms with Crippen LogP contribution in [0.4, 0.5) is 5.95 Å². The summed E-state index contributed by atoms with van der Waals surface area (Å²) in [5.74, 6) is 2.99. The lowest BCUT2D eigenvalue weighted by molar-refractivity contribution is 0.491. The van der Waals surface area contributed by atoms with E-state index in [2.05, 4.69) is 37.0 Å². The molecule has 3 heterocycles. The van der Waals surface area contributed by atoms with Crippen LogP contribution in [0.5, 0.6) is 0 Å². The van der Waals surface area contributed by atoms with Gasteiger partial charge in [-0.05, 0) is 26.3 Å². The molecule has 3 rings (SSSR count). The number of hydrogen-bond acceptors (Lipinski definition) is 5. The van der Waals surface area contributed by atoms with Gasteiger partial charge in [-0.2, -0.15) is 5.10 Å². The minimum absolute atomic E-state index is 0.388. The molecule has 0 amide bonds. The van der Waals surface area contributed by atoms with Crippen LogP contribution < -0.4 is 4.90 Å². The van der Waals surface area contributed by atoms with Crippen LogP contribution >= 0.6 is 0 Å². The fourth-order valence-electron chi connectivity index (χ4n) is 2.29. The van der Waals surface area contributed by atoms with E-state index in [0.29, 0.717) is 5.92 Å². The maximum absolute atomic E-state index is 4.57. The molecule has 0 unspecified atom stereocenters. The Hall–Kier alpha value is -1.98. The molecule has 1 aliphatic heterocycles. The van der Waals surface area contributed by atoms with Crippen LogP contribution in [-0.4, -0.2) is 38.2 Å². The van der Waals surface area contributed by atoms with Gasteiger partial charge in [0.25, 0.3) is 0 Å². The number of H-pyrrole nitrogens is 1. The van der Waals surface area contributed by atoms with Gasteiger partial charge in [0.15, 0.2) is 5.82 Å². The zero-order chi connectivity index (χ0) is 13.4. The molecule has 19 heavy (non-hydrogen) atoms. The first kappa shape index (κ1) is 12.1. The summed E-state index contributed by atoms with van der Waals surface area (Å²) in [7, 11) is 0. The quantitative estimate of drug-likeness (QED) is 0.900. The first-order chi connectivity index (χ1) is 9.15. The largest absolute Gasteiger partial charge is 0.339 e. The van der Waals surface area contributed by atoms with Crippen LogP contribution in [0.15, 0.2) is 6.07 Å². The molecule has 0 radical (unpaired) electrons. The molecule has 100 valence electrons. The molecule has 2 aromatic rings. The van der Waals surface area contributed by atoms with Gasteiger partial charge in [-0.15, -0.1) is 0 Å². The third-order valence-corrected chi connectivity index (χ3v) is 3.40. The topological polar surface area (TPSA) is 70.6 Å². The average molecular weight is 258 g/mol. The monoisotopic (exact) mass is 258 g/mol. The van der Waals surface area contributed by atoms with E-state index in [4.69, 9.17) is 0 Å². The third kappa shape index (κ3) is 2.30. The number of aryl methyl sites for hydroxylation is 3. The summed E-state index contributed by atoms with van der Waals surface area (Å²) in [4.78, 5) is 15.6. The van der Waals surface area contributed by atoms with Gasteiger partial charge >= 0.3 is 0 Å². The molecule has 1 fully saturated rings. The van der Waals surface area contributed by atoms with Crippen molar-refractivity contribution in [2.45, 2.75) is 33.1 Å². The summed E-state index contributed by atoms with van der Waals surface area (Å²) < 4.78 is 0. The highest BCUT2D eigenvalue weighted by molar-refractivity contribution is 5.38. The van der Waals surface area contributed by atoms with Gasteiger partial charge in [0.05, 0.1) is 5.92 Å².